The molecule has 0 radical (unpaired) electrons. The molecule has 0 saturated carbocycles. The highest BCUT2D eigenvalue weighted by Crippen LogP contribution is 2.17. The van der Waals surface area contributed by atoms with Gasteiger partial charge in [-0.15, -0.1) is 0 Å². The molecule has 0 saturated heterocycles. The van der Waals surface area contributed by atoms with Gasteiger partial charge < -0.3 is 10.1 Å². The Kier molecular flexibility index (Phi) is 15.3. The minimum absolute atomic E-state index is 0.0978. The van der Waals surface area contributed by atoms with Gasteiger partial charge in [-0.05, 0) is 62.1 Å². The third-order valence-electron chi connectivity index (χ3n) is 5.62. The van der Waals surface area contributed by atoms with Gasteiger partial charge in [-0.25, -0.2) is 0 Å². The first-order valence-corrected chi connectivity index (χ1v) is 12.5. The Labute approximate surface area is 191 Å². The summed E-state index contributed by atoms with van der Waals surface area (Å²) in [6.07, 6.45) is 9.32. The SMILES string of the molecule is CC(C)CCCCNCOCCCCCCNC(=O)[C@H](C)c1ccc(CC(C)C)cc1. The van der Waals surface area contributed by atoms with Gasteiger partial charge in [0, 0.05) is 13.2 Å². The van der Waals surface area contributed by atoms with E-state index in [1.807, 2.05) is 6.92 Å². The van der Waals surface area contributed by atoms with Crippen LogP contribution in [0.4, 0.5) is 0 Å². The first-order chi connectivity index (χ1) is 14.9. The van der Waals surface area contributed by atoms with E-state index in [-0.39, 0.29) is 11.8 Å². The fourth-order valence-electron chi connectivity index (χ4n) is 3.63. The molecule has 2 N–H and O–H groups in total. The second-order valence-electron chi connectivity index (χ2n) is 9.71. The number of carbonyl (C=O) groups is 1. The van der Waals surface area contributed by atoms with Crippen molar-refractivity contribution in [3.05, 3.63) is 35.4 Å². The van der Waals surface area contributed by atoms with Gasteiger partial charge in [0.05, 0.1) is 12.6 Å². The average molecular weight is 433 g/mol. The lowest BCUT2D eigenvalue weighted by Crippen LogP contribution is -2.28. The van der Waals surface area contributed by atoms with Crippen molar-refractivity contribution in [2.45, 2.75) is 91.9 Å². The fourth-order valence-corrected chi connectivity index (χ4v) is 3.63. The first kappa shape index (κ1) is 27.6. The number of ether oxygens (including phenoxy) is 1. The fraction of sp³-hybridized carbons (Fsp3) is 0.741. The average Bonchev–Trinajstić information content (AvgIpc) is 2.73. The second-order valence-corrected chi connectivity index (χ2v) is 9.71. The predicted molar refractivity (Wildman–Crippen MR) is 132 cm³/mol. The Morgan fingerprint density at radius 1 is 0.839 bits per heavy atom. The zero-order valence-corrected chi connectivity index (χ0v) is 20.8. The zero-order chi connectivity index (χ0) is 22.9. The van der Waals surface area contributed by atoms with E-state index in [2.05, 4.69) is 62.6 Å². The Bertz CT molecular complexity index is 569. The van der Waals surface area contributed by atoms with Crippen LogP contribution in [0.5, 0.6) is 0 Å². The van der Waals surface area contributed by atoms with Gasteiger partial charge in [0.25, 0.3) is 0 Å². The van der Waals surface area contributed by atoms with Crippen LogP contribution in [0.3, 0.4) is 0 Å². The summed E-state index contributed by atoms with van der Waals surface area (Å²) in [6.45, 7) is 14.3. The lowest BCUT2D eigenvalue weighted by Gasteiger charge is -2.14. The molecule has 1 rings (SSSR count). The maximum atomic E-state index is 12.4. The summed E-state index contributed by atoms with van der Waals surface area (Å²) in [5.41, 5.74) is 2.43. The Morgan fingerprint density at radius 3 is 2.19 bits per heavy atom. The molecule has 0 spiro atoms. The van der Waals surface area contributed by atoms with Crippen molar-refractivity contribution in [2.75, 3.05) is 26.4 Å². The Morgan fingerprint density at radius 2 is 1.52 bits per heavy atom. The molecule has 0 aliphatic heterocycles. The largest absolute Gasteiger partial charge is 0.366 e. The van der Waals surface area contributed by atoms with E-state index in [0.29, 0.717) is 12.6 Å². The molecule has 31 heavy (non-hydrogen) atoms. The van der Waals surface area contributed by atoms with Gasteiger partial charge in [0.15, 0.2) is 0 Å². The molecular formula is C27H48N2O2. The summed E-state index contributed by atoms with van der Waals surface area (Å²) in [5.74, 6) is 1.48. The smallest absolute Gasteiger partial charge is 0.227 e. The summed E-state index contributed by atoms with van der Waals surface area (Å²) in [6, 6.07) is 8.51. The van der Waals surface area contributed by atoms with E-state index in [9.17, 15) is 4.79 Å². The Hall–Kier alpha value is -1.39. The van der Waals surface area contributed by atoms with Gasteiger partial charge in [-0.2, -0.15) is 0 Å². The molecule has 1 aromatic rings. The van der Waals surface area contributed by atoms with Gasteiger partial charge in [0.1, 0.15) is 0 Å². The molecule has 0 bridgehead atoms. The summed E-state index contributed by atoms with van der Waals surface area (Å²) in [4.78, 5) is 12.4. The van der Waals surface area contributed by atoms with Crippen molar-refractivity contribution in [3.8, 4) is 0 Å². The molecule has 4 nitrogen and oxygen atoms in total. The van der Waals surface area contributed by atoms with Crippen molar-refractivity contribution in [2.24, 2.45) is 11.8 Å². The molecule has 1 aromatic carbocycles. The normalized spacial score (nSPS) is 12.5. The summed E-state index contributed by atoms with van der Waals surface area (Å²) in [5, 5.41) is 6.44. The highest BCUT2D eigenvalue weighted by Gasteiger charge is 2.14. The van der Waals surface area contributed by atoms with Gasteiger partial charge in [0.2, 0.25) is 5.91 Å². The number of carbonyl (C=O) groups excluding carboxylic acids is 1. The quantitative estimate of drug-likeness (QED) is 0.219. The summed E-state index contributed by atoms with van der Waals surface area (Å²) < 4.78 is 5.64. The van der Waals surface area contributed by atoms with Crippen molar-refractivity contribution < 1.29 is 9.53 Å². The number of hydrogen-bond acceptors (Lipinski definition) is 3. The van der Waals surface area contributed by atoms with Crippen molar-refractivity contribution in [3.63, 3.8) is 0 Å². The number of benzene rings is 1. The highest BCUT2D eigenvalue weighted by molar-refractivity contribution is 5.83. The van der Waals surface area contributed by atoms with E-state index in [1.165, 1.54) is 24.8 Å². The van der Waals surface area contributed by atoms with E-state index < -0.39 is 0 Å². The van der Waals surface area contributed by atoms with Crippen LogP contribution < -0.4 is 10.6 Å². The maximum absolute atomic E-state index is 12.4. The molecule has 1 atom stereocenters. The van der Waals surface area contributed by atoms with Crippen LogP contribution in [0.1, 0.15) is 96.6 Å². The lowest BCUT2D eigenvalue weighted by atomic mass is 9.96. The van der Waals surface area contributed by atoms with Crippen LogP contribution in [0.15, 0.2) is 24.3 Å². The predicted octanol–water partition coefficient (Wildman–Crippen LogP) is 6.06. The topological polar surface area (TPSA) is 50.4 Å². The number of hydrogen-bond donors (Lipinski definition) is 2. The minimum atomic E-state index is -0.0978. The van der Waals surface area contributed by atoms with Crippen LogP contribution in [0.25, 0.3) is 0 Å². The molecule has 0 aliphatic carbocycles. The van der Waals surface area contributed by atoms with E-state index >= 15 is 0 Å². The lowest BCUT2D eigenvalue weighted by molar-refractivity contribution is -0.122. The standard InChI is InChI=1S/C27H48N2O2/c1-22(2)12-8-10-17-28-21-31-19-11-7-6-9-18-29-27(30)24(5)26-15-13-25(14-16-26)20-23(3)4/h13-16,22-24,28H,6-12,17-21H2,1-5H3,(H,29,30)/t24-/m1/s1. The molecule has 178 valence electrons. The monoisotopic (exact) mass is 432 g/mol. The molecule has 0 heterocycles. The maximum Gasteiger partial charge on any atom is 0.227 e. The van der Waals surface area contributed by atoms with Crippen molar-refractivity contribution in [1.82, 2.24) is 10.6 Å². The molecular weight excluding hydrogens is 384 g/mol. The number of rotatable bonds is 18. The molecule has 4 heteroatoms. The third-order valence-corrected chi connectivity index (χ3v) is 5.62. The number of amides is 1. The van der Waals surface area contributed by atoms with Gasteiger partial charge in [-0.3, -0.25) is 10.1 Å². The van der Waals surface area contributed by atoms with Gasteiger partial charge >= 0.3 is 0 Å². The van der Waals surface area contributed by atoms with E-state index in [1.54, 1.807) is 0 Å². The Balaban J connectivity index is 1.98. The highest BCUT2D eigenvalue weighted by atomic mass is 16.5. The molecule has 0 aromatic heterocycles. The van der Waals surface area contributed by atoms with Crippen LogP contribution in [-0.2, 0) is 16.0 Å². The van der Waals surface area contributed by atoms with E-state index in [4.69, 9.17) is 4.74 Å². The van der Waals surface area contributed by atoms with Gasteiger partial charge in [-0.1, -0.05) is 77.6 Å². The summed E-state index contributed by atoms with van der Waals surface area (Å²) in [7, 11) is 0. The molecule has 1 amide bonds. The van der Waals surface area contributed by atoms with E-state index in [0.717, 1.165) is 63.3 Å². The van der Waals surface area contributed by atoms with Crippen LogP contribution in [0.2, 0.25) is 0 Å². The second kappa shape index (κ2) is 17.2. The molecule has 0 aliphatic rings. The number of unbranched alkanes of at least 4 members (excludes halogenated alkanes) is 4. The van der Waals surface area contributed by atoms with Crippen LogP contribution in [0, 0.1) is 11.8 Å². The zero-order valence-electron chi connectivity index (χ0n) is 20.8. The van der Waals surface area contributed by atoms with Crippen LogP contribution >= 0.6 is 0 Å². The first-order valence-electron chi connectivity index (χ1n) is 12.5. The molecule has 0 fully saturated rings. The summed E-state index contributed by atoms with van der Waals surface area (Å²) >= 11 is 0. The minimum Gasteiger partial charge on any atom is -0.366 e. The molecule has 0 unspecified atom stereocenters. The van der Waals surface area contributed by atoms with Crippen LogP contribution in [-0.4, -0.2) is 32.3 Å². The third kappa shape index (κ3) is 14.3. The van der Waals surface area contributed by atoms with Crippen molar-refractivity contribution in [1.29, 1.82) is 0 Å². The van der Waals surface area contributed by atoms with Crippen molar-refractivity contribution >= 4 is 5.91 Å². The number of nitrogens with one attached hydrogen (secondary N) is 2.